The summed E-state index contributed by atoms with van der Waals surface area (Å²) in [5.74, 6) is 3.55. The molecule has 0 radical (unpaired) electrons. The van der Waals surface area contributed by atoms with Crippen molar-refractivity contribution in [2.24, 2.45) is 0 Å². The quantitative estimate of drug-likeness (QED) is 0.173. The fourth-order valence-electron chi connectivity index (χ4n) is 10.00. The molecule has 2 aromatic heterocycles. The van der Waals surface area contributed by atoms with Crippen LogP contribution in [0.5, 0.6) is 11.5 Å². The summed E-state index contributed by atoms with van der Waals surface area (Å²) in [6.45, 7) is 0. The van der Waals surface area contributed by atoms with Gasteiger partial charge in [0.25, 0.3) is 0 Å². The van der Waals surface area contributed by atoms with Crippen LogP contribution in [0.15, 0.2) is 217 Å². The van der Waals surface area contributed by atoms with Crippen molar-refractivity contribution in [1.29, 1.82) is 0 Å². The predicted octanol–water partition coefficient (Wildman–Crippen LogP) is 14.6. The third-order valence-corrected chi connectivity index (χ3v) is 12.8. The van der Waals surface area contributed by atoms with Crippen LogP contribution in [0.2, 0.25) is 0 Å². The topological polar surface area (TPSA) is 61.0 Å². The number of furan rings is 1. The van der Waals surface area contributed by atoms with Gasteiger partial charge in [-0.15, -0.1) is 0 Å². The average Bonchev–Trinajstić information content (AvgIpc) is 3.88. The van der Waals surface area contributed by atoms with E-state index in [1.54, 1.807) is 0 Å². The standard InChI is InChI=1S/C58H35N3O2/c1-2-14-37(15-3-1)55-59-56(38-30-28-36(29-31-38)42-21-13-22-46-45-20-6-10-26-51(45)63-54(42)46)61-57(60-55)41-17-12-16-39(34-41)40-32-33-53-50(35-40)58(49-25-9-11-27-52(49)62-53)47-23-7-4-18-43(47)44-19-5-8-24-48(44)58/h1-35H. The van der Waals surface area contributed by atoms with Gasteiger partial charge < -0.3 is 9.15 Å². The molecule has 0 N–H and O–H groups in total. The molecule has 0 amide bonds. The van der Waals surface area contributed by atoms with Crippen LogP contribution in [0, 0.1) is 0 Å². The first-order valence-corrected chi connectivity index (χ1v) is 21.3. The monoisotopic (exact) mass is 805 g/mol. The second-order valence-electron chi connectivity index (χ2n) is 16.3. The predicted molar refractivity (Wildman–Crippen MR) is 252 cm³/mol. The summed E-state index contributed by atoms with van der Waals surface area (Å²) in [7, 11) is 0. The van der Waals surface area contributed by atoms with Crippen molar-refractivity contribution in [3.63, 3.8) is 0 Å². The Balaban J connectivity index is 0.925. The van der Waals surface area contributed by atoms with Crippen molar-refractivity contribution < 1.29 is 9.15 Å². The fourth-order valence-corrected chi connectivity index (χ4v) is 10.00. The van der Waals surface area contributed by atoms with Crippen molar-refractivity contribution in [2.75, 3.05) is 0 Å². The van der Waals surface area contributed by atoms with Gasteiger partial charge in [0.05, 0.1) is 5.41 Å². The Hall–Kier alpha value is -8.41. The van der Waals surface area contributed by atoms with E-state index in [2.05, 4.69) is 164 Å². The van der Waals surface area contributed by atoms with Gasteiger partial charge in [-0.05, 0) is 69.3 Å². The number of benzene rings is 9. The number of ether oxygens (including phenoxy) is 1. The molecular formula is C58H35N3O2. The van der Waals surface area contributed by atoms with Gasteiger partial charge in [-0.25, -0.2) is 15.0 Å². The Morgan fingerprint density at radius 1 is 0.317 bits per heavy atom. The number of para-hydroxylation sites is 3. The summed E-state index contributed by atoms with van der Waals surface area (Å²) in [5.41, 5.74) is 15.4. The lowest BCUT2D eigenvalue weighted by Crippen LogP contribution is -2.32. The minimum Gasteiger partial charge on any atom is -0.457 e. The van der Waals surface area contributed by atoms with E-state index < -0.39 is 5.41 Å². The maximum Gasteiger partial charge on any atom is 0.164 e. The van der Waals surface area contributed by atoms with Gasteiger partial charge in [-0.2, -0.15) is 0 Å². The van der Waals surface area contributed by atoms with Crippen LogP contribution in [0.25, 0.3) is 89.5 Å². The third kappa shape index (κ3) is 5.40. The van der Waals surface area contributed by atoms with Crippen LogP contribution in [-0.2, 0) is 5.41 Å². The lowest BCUT2D eigenvalue weighted by atomic mass is 9.66. The molecule has 13 rings (SSSR count). The lowest BCUT2D eigenvalue weighted by Gasteiger charge is -2.39. The maximum atomic E-state index is 6.72. The highest BCUT2D eigenvalue weighted by Crippen LogP contribution is 2.62. The smallest absolute Gasteiger partial charge is 0.164 e. The zero-order valence-electron chi connectivity index (χ0n) is 33.9. The minimum absolute atomic E-state index is 0.549. The van der Waals surface area contributed by atoms with Crippen molar-refractivity contribution in [3.05, 3.63) is 235 Å². The molecule has 2 aliphatic rings. The molecule has 5 heteroatoms. The van der Waals surface area contributed by atoms with Crippen LogP contribution in [0.1, 0.15) is 22.3 Å². The molecule has 63 heavy (non-hydrogen) atoms. The summed E-state index contributed by atoms with van der Waals surface area (Å²) in [6, 6.07) is 74.3. The highest BCUT2D eigenvalue weighted by Gasteiger charge is 2.51. The molecule has 1 aliphatic heterocycles. The van der Waals surface area contributed by atoms with E-state index in [-0.39, 0.29) is 0 Å². The first kappa shape index (κ1) is 35.4. The van der Waals surface area contributed by atoms with E-state index in [0.717, 1.165) is 83.5 Å². The van der Waals surface area contributed by atoms with Gasteiger partial charge in [0.15, 0.2) is 17.5 Å². The number of aromatic nitrogens is 3. The summed E-state index contributed by atoms with van der Waals surface area (Å²) >= 11 is 0. The van der Waals surface area contributed by atoms with Crippen LogP contribution in [-0.4, -0.2) is 15.0 Å². The summed E-state index contributed by atoms with van der Waals surface area (Å²) < 4.78 is 13.1. The highest BCUT2D eigenvalue weighted by atomic mass is 16.5. The molecule has 0 saturated heterocycles. The van der Waals surface area contributed by atoms with E-state index in [1.165, 1.54) is 22.3 Å². The van der Waals surface area contributed by atoms with Crippen molar-refractivity contribution in [2.45, 2.75) is 5.41 Å². The van der Waals surface area contributed by atoms with Crippen molar-refractivity contribution in [1.82, 2.24) is 15.0 Å². The molecule has 11 aromatic rings. The van der Waals surface area contributed by atoms with Crippen molar-refractivity contribution >= 4 is 21.9 Å². The van der Waals surface area contributed by atoms with Gasteiger partial charge in [-0.3, -0.25) is 0 Å². The van der Waals surface area contributed by atoms with Gasteiger partial charge >= 0.3 is 0 Å². The number of hydrogen-bond acceptors (Lipinski definition) is 5. The summed E-state index contributed by atoms with van der Waals surface area (Å²) in [5, 5.41) is 2.22. The van der Waals surface area contributed by atoms with Crippen LogP contribution >= 0.6 is 0 Å². The largest absolute Gasteiger partial charge is 0.457 e. The Bertz CT molecular complexity index is 3560. The Kier molecular flexibility index (Phi) is 7.75. The van der Waals surface area contributed by atoms with Gasteiger partial charge in [0.1, 0.15) is 22.7 Å². The van der Waals surface area contributed by atoms with E-state index in [4.69, 9.17) is 24.1 Å². The number of hydrogen-bond donors (Lipinski definition) is 0. The van der Waals surface area contributed by atoms with Crippen LogP contribution in [0.4, 0.5) is 0 Å². The fraction of sp³-hybridized carbons (Fsp3) is 0.0172. The maximum absolute atomic E-state index is 6.72. The molecule has 0 bridgehead atoms. The molecule has 1 spiro atoms. The zero-order valence-corrected chi connectivity index (χ0v) is 33.9. The first-order valence-electron chi connectivity index (χ1n) is 21.3. The molecule has 0 unspecified atom stereocenters. The number of rotatable bonds is 5. The second-order valence-corrected chi connectivity index (χ2v) is 16.3. The van der Waals surface area contributed by atoms with Crippen LogP contribution < -0.4 is 4.74 Å². The molecule has 0 fully saturated rings. The normalized spacial score (nSPS) is 13.0. The molecule has 0 atom stereocenters. The second kappa shape index (κ2) is 13.8. The zero-order chi connectivity index (χ0) is 41.5. The molecule has 9 aromatic carbocycles. The third-order valence-electron chi connectivity index (χ3n) is 12.8. The number of nitrogens with zero attached hydrogens (tertiary/aromatic N) is 3. The minimum atomic E-state index is -0.549. The molecular weight excluding hydrogens is 771 g/mol. The van der Waals surface area contributed by atoms with E-state index in [1.807, 2.05) is 48.5 Å². The van der Waals surface area contributed by atoms with Crippen LogP contribution in [0.3, 0.4) is 0 Å². The van der Waals surface area contributed by atoms with Gasteiger partial charge in [0, 0.05) is 44.2 Å². The molecule has 3 heterocycles. The molecule has 1 aliphatic carbocycles. The highest BCUT2D eigenvalue weighted by molar-refractivity contribution is 6.09. The Morgan fingerprint density at radius 3 is 1.60 bits per heavy atom. The Morgan fingerprint density at radius 2 is 0.825 bits per heavy atom. The van der Waals surface area contributed by atoms with E-state index >= 15 is 0 Å². The van der Waals surface area contributed by atoms with E-state index in [0.29, 0.717) is 17.5 Å². The molecule has 5 nitrogen and oxygen atoms in total. The average molecular weight is 806 g/mol. The first-order chi connectivity index (χ1) is 31.2. The number of fused-ring (bicyclic) bond motifs is 12. The van der Waals surface area contributed by atoms with E-state index in [9.17, 15) is 0 Å². The molecule has 0 saturated carbocycles. The summed E-state index contributed by atoms with van der Waals surface area (Å²) in [6.07, 6.45) is 0. The van der Waals surface area contributed by atoms with Gasteiger partial charge in [0.2, 0.25) is 0 Å². The summed E-state index contributed by atoms with van der Waals surface area (Å²) in [4.78, 5) is 15.3. The van der Waals surface area contributed by atoms with Gasteiger partial charge in [-0.1, -0.05) is 182 Å². The SMILES string of the molecule is c1ccc(-c2nc(-c3ccc(-c4cccc5c4oc4ccccc45)cc3)nc(-c3cccc(-c4ccc5c(c4)C4(c6ccccc6O5)c5ccccc5-c5ccccc54)c3)n2)cc1. The lowest BCUT2D eigenvalue weighted by molar-refractivity contribution is 0.436. The molecule has 294 valence electrons. The van der Waals surface area contributed by atoms with Crippen molar-refractivity contribution in [3.8, 4) is 79.0 Å². The Labute approximate surface area is 363 Å².